The third-order valence-electron chi connectivity index (χ3n) is 7.92. The van der Waals surface area contributed by atoms with Gasteiger partial charge in [-0.2, -0.15) is 0 Å². The van der Waals surface area contributed by atoms with Crippen molar-refractivity contribution in [2.75, 3.05) is 32.8 Å². The van der Waals surface area contributed by atoms with Gasteiger partial charge in [0.25, 0.3) is 0 Å². The molecule has 4 heterocycles. The van der Waals surface area contributed by atoms with E-state index in [1.807, 2.05) is 36.1 Å². The van der Waals surface area contributed by atoms with E-state index < -0.39 is 35.0 Å². The molecule has 4 aliphatic heterocycles. The second-order valence-corrected chi connectivity index (χ2v) is 10.4. The molecule has 194 valence electrons. The third kappa shape index (κ3) is 4.67. The average molecular weight is 489 g/mol. The van der Waals surface area contributed by atoms with Crippen molar-refractivity contribution in [3.8, 4) is 0 Å². The van der Waals surface area contributed by atoms with Gasteiger partial charge in [-0.15, -0.1) is 0 Å². The van der Waals surface area contributed by atoms with E-state index in [2.05, 4.69) is 6.92 Å². The van der Waals surface area contributed by atoms with Crippen LogP contribution in [0.3, 0.4) is 0 Å². The van der Waals surface area contributed by atoms with Crippen molar-refractivity contribution < 1.29 is 29.0 Å². The first-order valence-electron chi connectivity index (χ1n) is 13.3. The molecule has 0 aromatic carbocycles. The Bertz CT molecular complexity index is 872. The predicted octanol–water partition coefficient (Wildman–Crippen LogP) is 2.60. The lowest BCUT2D eigenvalue weighted by atomic mass is 9.74. The number of ether oxygens (including phenoxy) is 2. The summed E-state index contributed by atoms with van der Waals surface area (Å²) in [6, 6.07) is -0.817. The number of unbranched alkanes of at least 4 members (excludes halogenated alkanes) is 4. The van der Waals surface area contributed by atoms with Crippen LogP contribution >= 0.6 is 0 Å². The number of amides is 2. The Morgan fingerprint density at radius 3 is 2.57 bits per heavy atom. The van der Waals surface area contributed by atoms with Crippen LogP contribution in [0.25, 0.3) is 0 Å². The van der Waals surface area contributed by atoms with Gasteiger partial charge in [0.05, 0.1) is 18.1 Å². The van der Waals surface area contributed by atoms with Crippen molar-refractivity contribution in [1.29, 1.82) is 0 Å². The summed E-state index contributed by atoms with van der Waals surface area (Å²) in [6.07, 6.45) is 14.3. The fourth-order valence-electron chi connectivity index (χ4n) is 6.25. The normalized spacial score (nSPS) is 35.5. The highest BCUT2D eigenvalue weighted by Gasteiger charge is 2.74. The molecule has 0 aromatic heterocycles. The molecular formula is C27H40N2O6. The van der Waals surface area contributed by atoms with Crippen LogP contribution in [0.4, 0.5) is 0 Å². The summed E-state index contributed by atoms with van der Waals surface area (Å²) in [4.78, 5) is 44.8. The molecule has 8 nitrogen and oxygen atoms in total. The van der Waals surface area contributed by atoms with Gasteiger partial charge in [-0.1, -0.05) is 44.1 Å². The number of carbonyl (C=O) groups is 3. The fraction of sp³-hybridized carbons (Fsp3) is 0.741. The Labute approximate surface area is 208 Å². The number of fused-ring (bicyclic) bond motifs is 2. The molecule has 5 atom stereocenters. The van der Waals surface area contributed by atoms with E-state index >= 15 is 0 Å². The summed E-state index contributed by atoms with van der Waals surface area (Å²) in [6.45, 7) is 5.85. The van der Waals surface area contributed by atoms with Crippen molar-refractivity contribution in [1.82, 2.24) is 9.80 Å². The number of allylic oxidation sites excluding steroid dienone is 1. The van der Waals surface area contributed by atoms with Crippen LogP contribution in [-0.4, -0.2) is 82.8 Å². The molecule has 1 spiro atoms. The standard InChI is InChI=1S/C27H40N2O6/c1-3-4-8-15-28-16-12-14-27-20(21-25(33)34-19-11-5-7-13-26(21,2)35-27)23(31)29(22(27)24(28)32)17-9-6-10-18-30/h7,12-14,20-22,30H,3-6,8-11,15-19H2,1-2H3/b13-7-/t20-,21+,22?,26-,27-/m0/s1. The lowest BCUT2D eigenvalue weighted by molar-refractivity contribution is -0.159. The van der Waals surface area contributed by atoms with Gasteiger partial charge in [0, 0.05) is 26.2 Å². The van der Waals surface area contributed by atoms with Crippen molar-refractivity contribution >= 4 is 17.8 Å². The summed E-state index contributed by atoms with van der Waals surface area (Å²) >= 11 is 0. The minimum absolute atomic E-state index is 0.0958. The molecule has 4 aliphatic rings. The zero-order chi connectivity index (χ0) is 25.1. The Hall–Kier alpha value is -2.19. The van der Waals surface area contributed by atoms with Crippen molar-refractivity contribution in [2.24, 2.45) is 11.8 Å². The topological polar surface area (TPSA) is 96.4 Å². The smallest absolute Gasteiger partial charge is 0.313 e. The summed E-state index contributed by atoms with van der Waals surface area (Å²) in [5.41, 5.74) is -2.25. The minimum Gasteiger partial charge on any atom is -0.465 e. The molecule has 8 heteroatoms. The zero-order valence-electron chi connectivity index (χ0n) is 21.1. The molecular weight excluding hydrogens is 448 g/mol. The zero-order valence-corrected chi connectivity index (χ0v) is 21.1. The average Bonchev–Trinajstić information content (AvgIpc) is 3.18. The van der Waals surface area contributed by atoms with E-state index in [-0.39, 0.29) is 18.4 Å². The molecule has 0 aliphatic carbocycles. The largest absolute Gasteiger partial charge is 0.465 e. The van der Waals surface area contributed by atoms with Crippen LogP contribution in [0.5, 0.6) is 0 Å². The number of nitrogens with zero attached hydrogens (tertiary/aromatic N) is 2. The van der Waals surface area contributed by atoms with E-state index in [0.29, 0.717) is 39.1 Å². The molecule has 0 radical (unpaired) electrons. The van der Waals surface area contributed by atoms with E-state index in [1.165, 1.54) is 0 Å². The van der Waals surface area contributed by atoms with Gasteiger partial charge in [-0.25, -0.2) is 0 Å². The Morgan fingerprint density at radius 1 is 1.00 bits per heavy atom. The molecule has 0 bridgehead atoms. The van der Waals surface area contributed by atoms with E-state index in [9.17, 15) is 19.5 Å². The molecule has 0 aromatic rings. The maximum Gasteiger partial charge on any atom is 0.313 e. The van der Waals surface area contributed by atoms with Crippen LogP contribution in [0.1, 0.15) is 65.2 Å². The molecule has 4 rings (SSSR count). The molecule has 35 heavy (non-hydrogen) atoms. The first kappa shape index (κ1) is 25.9. The molecule has 1 unspecified atom stereocenters. The monoisotopic (exact) mass is 488 g/mol. The Balaban J connectivity index is 1.74. The molecule has 2 amide bonds. The highest BCUT2D eigenvalue weighted by atomic mass is 16.6. The minimum atomic E-state index is -1.22. The van der Waals surface area contributed by atoms with Gasteiger partial charge in [-0.05, 0) is 45.4 Å². The molecule has 1 N–H and O–H groups in total. The lowest BCUT2D eigenvalue weighted by Gasteiger charge is -2.37. The maximum atomic E-state index is 14.0. The first-order chi connectivity index (χ1) is 16.9. The summed E-state index contributed by atoms with van der Waals surface area (Å²) in [5.74, 6) is -2.40. The van der Waals surface area contributed by atoms with E-state index in [4.69, 9.17) is 9.47 Å². The summed E-state index contributed by atoms with van der Waals surface area (Å²) < 4.78 is 12.3. The number of esters is 1. The number of hydrogen-bond acceptors (Lipinski definition) is 6. The highest BCUT2D eigenvalue weighted by Crippen LogP contribution is 2.57. The van der Waals surface area contributed by atoms with Crippen LogP contribution in [-0.2, 0) is 23.9 Å². The van der Waals surface area contributed by atoms with Gasteiger partial charge in [0.1, 0.15) is 17.6 Å². The number of aliphatic hydroxyl groups is 1. The van der Waals surface area contributed by atoms with Crippen molar-refractivity contribution in [3.05, 3.63) is 24.3 Å². The van der Waals surface area contributed by atoms with Crippen molar-refractivity contribution in [2.45, 2.75) is 82.5 Å². The van der Waals surface area contributed by atoms with Gasteiger partial charge >= 0.3 is 5.97 Å². The summed E-state index contributed by atoms with van der Waals surface area (Å²) in [7, 11) is 0. The fourth-order valence-corrected chi connectivity index (χ4v) is 6.25. The van der Waals surface area contributed by atoms with E-state index in [1.54, 1.807) is 4.90 Å². The lowest BCUT2D eigenvalue weighted by Crippen LogP contribution is -2.56. The molecule has 2 saturated heterocycles. The van der Waals surface area contributed by atoms with Crippen molar-refractivity contribution in [3.63, 3.8) is 0 Å². The number of hydrogen-bond donors (Lipinski definition) is 1. The Morgan fingerprint density at radius 2 is 1.80 bits per heavy atom. The second kappa shape index (κ2) is 10.8. The van der Waals surface area contributed by atoms with Crippen LogP contribution < -0.4 is 0 Å². The SMILES string of the molecule is CCCCCN1CC=C[C@]23O[C@@]4(C)/C=C\CCCOC(=O)[C@H]4[C@H]2C(=O)N(CCCCCO)C3C1=O. The maximum absolute atomic E-state index is 14.0. The predicted molar refractivity (Wildman–Crippen MR) is 130 cm³/mol. The third-order valence-corrected chi connectivity index (χ3v) is 7.92. The van der Waals surface area contributed by atoms with Gasteiger partial charge in [0.15, 0.2) is 0 Å². The molecule has 0 saturated carbocycles. The highest BCUT2D eigenvalue weighted by molar-refractivity contribution is 5.99. The number of likely N-dealkylation sites (tertiary alicyclic amines) is 1. The molecule has 2 fully saturated rings. The van der Waals surface area contributed by atoms with Crippen LogP contribution in [0.2, 0.25) is 0 Å². The van der Waals surface area contributed by atoms with Gasteiger partial charge in [-0.3, -0.25) is 14.4 Å². The number of cyclic esters (lactones) is 1. The van der Waals surface area contributed by atoms with Gasteiger partial charge < -0.3 is 24.4 Å². The Kier molecular flexibility index (Phi) is 8.01. The second-order valence-electron chi connectivity index (χ2n) is 10.4. The number of rotatable bonds is 9. The van der Waals surface area contributed by atoms with Crippen LogP contribution in [0.15, 0.2) is 24.3 Å². The van der Waals surface area contributed by atoms with E-state index in [0.717, 1.165) is 38.5 Å². The quantitative estimate of drug-likeness (QED) is 0.305. The van der Waals surface area contributed by atoms with Crippen LogP contribution in [0, 0.1) is 11.8 Å². The number of carbonyl (C=O) groups excluding carboxylic acids is 3. The van der Waals surface area contributed by atoms with Gasteiger partial charge in [0.2, 0.25) is 11.8 Å². The summed E-state index contributed by atoms with van der Waals surface area (Å²) in [5, 5.41) is 9.18. The first-order valence-corrected chi connectivity index (χ1v) is 13.3. The number of aliphatic hydroxyl groups excluding tert-OH is 1.